The third-order valence-corrected chi connectivity index (χ3v) is 1.79. The SMILES string of the molecule is CC(CC=N)CC(C)(C)C=N. The van der Waals surface area contributed by atoms with E-state index in [-0.39, 0.29) is 5.41 Å². The third-order valence-electron chi connectivity index (χ3n) is 1.79. The van der Waals surface area contributed by atoms with Gasteiger partial charge in [-0.25, -0.2) is 0 Å². The van der Waals surface area contributed by atoms with Gasteiger partial charge in [0.1, 0.15) is 0 Å². The van der Waals surface area contributed by atoms with Crippen LogP contribution in [0.25, 0.3) is 0 Å². The molecule has 0 heterocycles. The Kier molecular flexibility index (Phi) is 4.01. The molecule has 64 valence electrons. The molecule has 0 rings (SSSR count). The predicted molar refractivity (Wildman–Crippen MR) is 49.7 cm³/mol. The van der Waals surface area contributed by atoms with Gasteiger partial charge < -0.3 is 10.8 Å². The van der Waals surface area contributed by atoms with E-state index >= 15 is 0 Å². The second-order valence-electron chi connectivity index (χ2n) is 3.88. The normalized spacial score (nSPS) is 14.1. The minimum absolute atomic E-state index is 0.00241. The van der Waals surface area contributed by atoms with E-state index in [0.29, 0.717) is 5.92 Å². The number of nitrogens with one attached hydrogen (secondary N) is 2. The van der Waals surface area contributed by atoms with Crippen LogP contribution in [0.5, 0.6) is 0 Å². The number of hydrogen-bond acceptors (Lipinski definition) is 2. The van der Waals surface area contributed by atoms with Crippen LogP contribution in [-0.2, 0) is 0 Å². The highest BCUT2D eigenvalue weighted by Gasteiger charge is 2.17. The number of rotatable bonds is 5. The van der Waals surface area contributed by atoms with Gasteiger partial charge in [-0.05, 0) is 30.4 Å². The topological polar surface area (TPSA) is 47.7 Å². The summed E-state index contributed by atoms with van der Waals surface area (Å²) in [5, 5.41) is 14.1. The molecule has 0 fully saturated rings. The first-order chi connectivity index (χ1) is 5.02. The summed E-state index contributed by atoms with van der Waals surface area (Å²) in [6, 6.07) is 0. The highest BCUT2D eigenvalue weighted by molar-refractivity contribution is 5.61. The Morgan fingerprint density at radius 3 is 2.27 bits per heavy atom. The van der Waals surface area contributed by atoms with Gasteiger partial charge in [-0.15, -0.1) is 0 Å². The fraction of sp³-hybridized carbons (Fsp3) is 0.778. The molecule has 0 saturated heterocycles. The predicted octanol–water partition coefficient (Wildman–Crippen LogP) is 2.73. The maximum Gasteiger partial charge on any atom is 0.000878 e. The van der Waals surface area contributed by atoms with Crippen LogP contribution in [-0.4, -0.2) is 12.4 Å². The second-order valence-corrected chi connectivity index (χ2v) is 3.88. The van der Waals surface area contributed by atoms with Gasteiger partial charge in [0.05, 0.1) is 0 Å². The van der Waals surface area contributed by atoms with Crippen molar-refractivity contribution in [3.63, 3.8) is 0 Å². The molecule has 0 bridgehead atoms. The summed E-state index contributed by atoms with van der Waals surface area (Å²) in [5.74, 6) is 0.518. The molecule has 1 atom stereocenters. The van der Waals surface area contributed by atoms with Crippen molar-refractivity contribution in [1.29, 1.82) is 10.8 Å². The molecule has 0 aliphatic carbocycles. The molecule has 0 spiro atoms. The summed E-state index contributed by atoms with van der Waals surface area (Å²) in [4.78, 5) is 0. The van der Waals surface area contributed by atoms with Gasteiger partial charge in [0.2, 0.25) is 0 Å². The monoisotopic (exact) mass is 154 g/mol. The summed E-state index contributed by atoms with van der Waals surface area (Å²) in [5.41, 5.74) is 0.00241. The van der Waals surface area contributed by atoms with E-state index in [1.165, 1.54) is 12.4 Å². The molecule has 2 nitrogen and oxygen atoms in total. The van der Waals surface area contributed by atoms with E-state index in [9.17, 15) is 0 Å². The van der Waals surface area contributed by atoms with E-state index in [4.69, 9.17) is 10.8 Å². The van der Waals surface area contributed by atoms with E-state index < -0.39 is 0 Å². The Morgan fingerprint density at radius 2 is 1.91 bits per heavy atom. The van der Waals surface area contributed by atoms with Gasteiger partial charge in [-0.1, -0.05) is 20.8 Å². The highest BCUT2D eigenvalue weighted by Crippen LogP contribution is 2.23. The summed E-state index contributed by atoms with van der Waals surface area (Å²) >= 11 is 0. The molecule has 2 N–H and O–H groups in total. The van der Waals surface area contributed by atoms with Crippen molar-refractivity contribution in [2.24, 2.45) is 11.3 Å². The molecule has 1 unspecified atom stereocenters. The van der Waals surface area contributed by atoms with Crippen LogP contribution in [0, 0.1) is 22.2 Å². The molecule has 0 aliphatic heterocycles. The first-order valence-corrected chi connectivity index (χ1v) is 4.02. The van der Waals surface area contributed by atoms with Gasteiger partial charge in [0.25, 0.3) is 0 Å². The van der Waals surface area contributed by atoms with Crippen molar-refractivity contribution in [3.05, 3.63) is 0 Å². The van der Waals surface area contributed by atoms with Gasteiger partial charge in [-0.3, -0.25) is 0 Å². The van der Waals surface area contributed by atoms with Crippen LogP contribution in [0.15, 0.2) is 0 Å². The lowest BCUT2D eigenvalue weighted by molar-refractivity contribution is 0.389. The maximum atomic E-state index is 7.15. The molecule has 11 heavy (non-hydrogen) atoms. The highest BCUT2D eigenvalue weighted by atomic mass is 14.4. The summed E-state index contributed by atoms with van der Waals surface area (Å²) in [6.07, 6.45) is 4.77. The lowest BCUT2D eigenvalue weighted by atomic mass is 9.83. The van der Waals surface area contributed by atoms with Crippen LogP contribution < -0.4 is 0 Å². The van der Waals surface area contributed by atoms with Crippen LogP contribution in [0.4, 0.5) is 0 Å². The molecule has 0 aromatic rings. The van der Waals surface area contributed by atoms with Crippen molar-refractivity contribution in [3.8, 4) is 0 Å². The standard InChI is InChI=1S/C9H18N2/c1-8(4-5-10)6-9(2,3)7-11/h5,7-8,10-11H,4,6H2,1-3H3. The Labute approximate surface area is 69.0 Å². The van der Waals surface area contributed by atoms with E-state index in [1.54, 1.807) is 0 Å². The molecule has 0 amide bonds. The minimum Gasteiger partial charge on any atom is -0.313 e. The fourth-order valence-corrected chi connectivity index (χ4v) is 1.24. The zero-order chi connectivity index (χ0) is 8.91. The van der Waals surface area contributed by atoms with Crippen LogP contribution in [0.3, 0.4) is 0 Å². The van der Waals surface area contributed by atoms with Crippen LogP contribution in [0.1, 0.15) is 33.6 Å². The number of hydrogen-bond donors (Lipinski definition) is 2. The van der Waals surface area contributed by atoms with Crippen LogP contribution >= 0.6 is 0 Å². The lowest BCUT2D eigenvalue weighted by Gasteiger charge is -2.21. The van der Waals surface area contributed by atoms with Gasteiger partial charge >= 0.3 is 0 Å². The third kappa shape index (κ3) is 4.71. The summed E-state index contributed by atoms with van der Waals surface area (Å²) in [6.45, 7) is 6.23. The molecule has 0 aromatic carbocycles. The molecule has 0 aliphatic rings. The molecular formula is C9H18N2. The molecule has 0 radical (unpaired) electrons. The second kappa shape index (κ2) is 4.27. The average Bonchev–Trinajstić information content (AvgIpc) is 1.87. The van der Waals surface area contributed by atoms with Crippen molar-refractivity contribution in [2.45, 2.75) is 33.6 Å². The minimum atomic E-state index is 0.00241. The fourth-order valence-electron chi connectivity index (χ4n) is 1.24. The Hall–Kier alpha value is -0.660. The van der Waals surface area contributed by atoms with E-state index in [0.717, 1.165) is 12.8 Å². The van der Waals surface area contributed by atoms with Gasteiger partial charge in [-0.2, -0.15) is 0 Å². The van der Waals surface area contributed by atoms with Crippen molar-refractivity contribution >= 4 is 12.4 Å². The zero-order valence-electron chi connectivity index (χ0n) is 7.65. The first kappa shape index (κ1) is 10.3. The lowest BCUT2D eigenvalue weighted by Crippen LogP contribution is -2.16. The zero-order valence-corrected chi connectivity index (χ0v) is 7.65. The van der Waals surface area contributed by atoms with Gasteiger partial charge in [0.15, 0.2) is 0 Å². The Bertz CT molecular complexity index is 138. The van der Waals surface area contributed by atoms with Crippen LogP contribution in [0.2, 0.25) is 0 Å². The smallest absolute Gasteiger partial charge is 0.000878 e. The van der Waals surface area contributed by atoms with E-state index in [2.05, 4.69) is 20.8 Å². The summed E-state index contributed by atoms with van der Waals surface area (Å²) in [7, 11) is 0. The van der Waals surface area contributed by atoms with E-state index in [1.807, 2.05) is 0 Å². The van der Waals surface area contributed by atoms with Crippen molar-refractivity contribution < 1.29 is 0 Å². The quantitative estimate of drug-likeness (QED) is 0.572. The average molecular weight is 154 g/mol. The maximum absolute atomic E-state index is 7.15. The first-order valence-electron chi connectivity index (χ1n) is 4.02. The van der Waals surface area contributed by atoms with Crippen molar-refractivity contribution in [2.75, 3.05) is 0 Å². The molecule has 0 aromatic heterocycles. The van der Waals surface area contributed by atoms with Crippen molar-refractivity contribution in [1.82, 2.24) is 0 Å². The Morgan fingerprint density at radius 1 is 1.36 bits per heavy atom. The largest absolute Gasteiger partial charge is 0.313 e. The molecule has 2 heteroatoms. The molecule has 0 saturated carbocycles. The molecular weight excluding hydrogens is 136 g/mol. The summed E-state index contributed by atoms with van der Waals surface area (Å²) < 4.78 is 0. The van der Waals surface area contributed by atoms with Gasteiger partial charge in [0, 0.05) is 6.21 Å². The Balaban J connectivity index is 3.81.